The summed E-state index contributed by atoms with van der Waals surface area (Å²) in [6.07, 6.45) is 2.17. The van der Waals surface area contributed by atoms with Crippen molar-refractivity contribution in [2.24, 2.45) is 5.92 Å². The Balaban J connectivity index is 1.92. The minimum Gasteiger partial charge on any atom is -0.481 e. The van der Waals surface area contributed by atoms with Crippen LogP contribution in [0.2, 0.25) is 0 Å². The van der Waals surface area contributed by atoms with E-state index in [-0.39, 0.29) is 11.9 Å². The Morgan fingerprint density at radius 3 is 2.43 bits per heavy atom. The lowest BCUT2D eigenvalue weighted by atomic mass is 10.1. The molecule has 1 heterocycles. The van der Waals surface area contributed by atoms with Crippen LogP contribution in [0.25, 0.3) is 0 Å². The van der Waals surface area contributed by atoms with E-state index in [4.69, 9.17) is 9.84 Å². The summed E-state index contributed by atoms with van der Waals surface area (Å²) in [7, 11) is 0. The van der Waals surface area contributed by atoms with E-state index >= 15 is 0 Å². The minimum absolute atomic E-state index is 0.181. The van der Waals surface area contributed by atoms with E-state index in [1.807, 2.05) is 0 Å². The number of carboxylic acid groups (broad SMARTS) is 1. The van der Waals surface area contributed by atoms with E-state index in [0.29, 0.717) is 25.9 Å². The van der Waals surface area contributed by atoms with Crippen LogP contribution in [0, 0.1) is 5.92 Å². The molecule has 7 heteroatoms. The van der Waals surface area contributed by atoms with E-state index in [1.54, 1.807) is 6.92 Å². The number of carbonyl (C=O) groups is 2. The number of carboxylic acids is 1. The molecule has 2 amide bonds. The van der Waals surface area contributed by atoms with E-state index < -0.39 is 5.97 Å². The second kappa shape index (κ2) is 10.4. The normalized spacial score (nSPS) is 17.2. The molecule has 0 bridgehead atoms. The van der Waals surface area contributed by atoms with Crippen molar-refractivity contribution in [3.8, 4) is 0 Å². The van der Waals surface area contributed by atoms with Crippen molar-refractivity contribution in [1.82, 2.24) is 15.5 Å². The molecule has 1 aliphatic rings. The van der Waals surface area contributed by atoms with Gasteiger partial charge in [0.1, 0.15) is 0 Å². The SMILES string of the molecule is CC(CCCNC(=O)NCCCN1CCOCC1)C(=O)O. The summed E-state index contributed by atoms with van der Waals surface area (Å²) in [4.78, 5) is 24.5. The fourth-order valence-electron chi connectivity index (χ4n) is 2.13. The summed E-state index contributed by atoms with van der Waals surface area (Å²) in [5.41, 5.74) is 0. The highest BCUT2D eigenvalue weighted by atomic mass is 16.5. The molecule has 0 aromatic carbocycles. The van der Waals surface area contributed by atoms with Crippen molar-refractivity contribution in [3.05, 3.63) is 0 Å². The van der Waals surface area contributed by atoms with Crippen LogP contribution < -0.4 is 10.6 Å². The van der Waals surface area contributed by atoms with Crippen LogP contribution in [0.4, 0.5) is 4.79 Å². The number of hydrogen-bond donors (Lipinski definition) is 3. The van der Waals surface area contributed by atoms with Crippen molar-refractivity contribution in [1.29, 1.82) is 0 Å². The van der Waals surface area contributed by atoms with Gasteiger partial charge in [-0.3, -0.25) is 9.69 Å². The zero-order valence-corrected chi connectivity index (χ0v) is 12.8. The minimum atomic E-state index is -0.789. The summed E-state index contributed by atoms with van der Waals surface area (Å²) in [5.74, 6) is -1.15. The summed E-state index contributed by atoms with van der Waals surface area (Å²) in [6.45, 7) is 7.32. The van der Waals surface area contributed by atoms with E-state index in [2.05, 4.69) is 15.5 Å². The molecule has 0 radical (unpaired) electrons. The molecular weight excluding hydrogens is 274 g/mol. The van der Waals surface area contributed by atoms with Crippen molar-refractivity contribution in [2.45, 2.75) is 26.2 Å². The number of morpholine rings is 1. The maximum Gasteiger partial charge on any atom is 0.314 e. The molecule has 0 saturated carbocycles. The summed E-state index contributed by atoms with van der Waals surface area (Å²) in [6, 6.07) is -0.181. The molecule has 7 nitrogen and oxygen atoms in total. The molecule has 1 rings (SSSR count). The highest BCUT2D eigenvalue weighted by Crippen LogP contribution is 2.04. The molecule has 21 heavy (non-hydrogen) atoms. The van der Waals surface area contributed by atoms with Gasteiger partial charge in [-0.2, -0.15) is 0 Å². The number of urea groups is 1. The second-order valence-electron chi connectivity index (χ2n) is 5.37. The van der Waals surface area contributed by atoms with Crippen molar-refractivity contribution in [3.63, 3.8) is 0 Å². The topological polar surface area (TPSA) is 90.9 Å². The maximum absolute atomic E-state index is 11.5. The zero-order valence-electron chi connectivity index (χ0n) is 12.8. The molecule has 1 aliphatic heterocycles. The fraction of sp³-hybridized carbons (Fsp3) is 0.857. The Morgan fingerprint density at radius 1 is 1.19 bits per heavy atom. The van der Waals surface area contributed by atoms with Crippen LogP contribution in [-0.4, -0.2) is 67.9 Å². The van der Waals surface area contributed by atoms with Gasteiger partial charge >= 0.3 is 12.0 Å². The third kappa shape index (κ3) is 8.52. The largest absolute Gasteiger partial charge is 0.481 e. The predicted molar refractivity (Wildman–Crippen MR) is 79.3 cm³/mol. The highest BCUT2D eigenvalue weighted by molar-refractivity contribution is 5.73. The number of ether oxygens (including phenoxy) is 1. The van der Waals surface area contributed by atoms with E-state index in [1.165, 1.54) is 0 Å². The Kier molecular flexibility index (Phi) is 8.77. The van der Waals surface area contributed by atoms with Gasteiger partial charge in [0, 0.05) is 26.2 Å². The summed E-state index contributed by atoms with van der Waals surface area (Å²) in [5, 5.41) is 14.3. The van der Waals surface area contributed by atoms with Crippen molar-refractivity contribution in [2.75, 3.05) is 45.9 Å². The van der Waals surface area contributed by atoms with Crippen LogP contribution in [-0.2, 0) is 9.53 Å². The molecule has 122 valence electrons. The van der Waals surface area contributed by atoms with Gasteiger partial charge in [0.25, 0.3) is 0 Å². The Hall–Kier alpha value is -1.34. The van der Waals surface area contributed by atoms with Gasteiger partial charge < -0.3 is 20.5 Å². The lowest BCUT2D eigenvalue weighted by Crippen LogP contribution is -2.40. The average molecular weight is 301 g/mol. The maximum atomic E-state index is 11.5. The zero-order chi connectivity index (χ0) is 15.5. The molecule has 1 fully saturated rings. The monoisotopic (exact) mass is 301 g/mol. The first kappa shape index (κ1) is 17.7. The van der Waals surface area contributed by atoms with Crippen LogP contribution in [0.5, 0.6) is 0 Å². The van der Waals surface area contributed by atoms with Gasteiger partial charge in [0.15, 0.2) is 0 Å². The van der Waals surface area contributed by atoms with Crippen LogP contribution >= 0.6 is 0 Å². The molecule has 0 aliphatic carbocycles. The third-order valence-electron chi connectivity index (χ3n) is 3.56. The Bertz CT molecular complexity index is 319. The van der Waals surface area contributed by atoms with Gasteiger partial charge in [-0.05, 0) is 25.8 Å². The lowest BCUT2D eigenvalue weighted by molar-refractivity contribution is -0.141. The van der Waals surface area contributed by atoms with Gasteiger partial charge in [0.05, 0.1) is 19.1 Å². The molecule has 0 aromatic heterocycles. The molecular formula is C14H27N3O4. The molecule has 3 N–H and O–H groups in total. The van der Waals surface area contributed by atoms with E-state index in [9.17, 15) is 9.59 Å². The molecule has 0 spiro atoms. The number of nitrogens with one attached hydrogen (secondary N) is 2. The van der Waals surface area contributed by atoms with E-state index in [0.717, 1.165) is 39.3 Å². The highest BCUT2D eigenvalue weighted by Gasteiger charge is 2.11. The number of amides is 2. The predicted octanol–water partition coefficient (Wildman–Crippen LogP) is 0.509. The number of rotatable bonds is 9. The number of aliphatic carboxylic acids is 1. The van der Waals surface area contributed by atoms with Crippen molar-refractivity contribution < 1.29 is 19.4 Å². The fourth-order valence-corrected chi connectivity index (χ4v) is 2.13. The van der Waals surface area contributed by atoms with Gasteiger partial charge in [-0.15, -0.1) is 0 Å². The standard InChI is InChI=1S/C14H27N3O4/c1-12(13(18)19)4-2-5-15-14(20)16-6-3-7-17-8-10-21-11-9-17/h12H,2-11H2,1H3,(H,18,19)(H2,15,16,20). The average Bonchev–Trinajstić information content (AvgIpc) is 2.49. The third-order valence-corrected chi connectivity index (χ3v) is 3.56. The molecule has 1 unspecified atom stereocenters. The summed E-state index contributed by atoms with van der Waals surface area (Å²) < 4.78 is 5.27. The first-order valence-electron chi connectivity index (χ1n) is 7.64. The molecule has 1 atom stereocenters. The van der Waals surface area contributed by atoms with Crippen LogP contribution in [0.3, 0.4) is 0 Å². The first-order valence-corrected chi connectivity index (χ1v) is 7.64. The van der Waals surface area contributed by atoms with Crippen LogP contribution in [0.15, 0.2) is 0 Å². The number of carbonyl (C=O) groups excluding carboxylic acids is 1. The van der Waals surface area contributed by atoms with Crippen LogP contribution in [0.1, 0.15) is 26.2 Å². The Labute approximate surface area is 126 Å². The Morgan fingerprint density at radius 2 is 1.81 bits per heavy atom. The second-order valence-corrected chi connectivity index (χ2v) is 5.37. The van der Waals surface area contributed by atoms with Gasteiger partial charge in [-0.1, -0.05) is 6.92 Å². The van der Waals surface area contributed by atoms with Crippen molar-refractivity contribution >= 4 is 12.0 Å². The molecule has 1 saturated heterocycles. The number of nitrogens with zero attached hydrogens (tertiary/aromatic N) is 1. The first-order chi connectivity index (χ1) is 10.1. The lowest BCUT2D eigenvalue weighted by Gasteiger charge is -2.26. The smallest absolute Gasteiger partial charge is 0.314 e. The summed E-state index contributed by atoms with van der Waals surface area (Å²) >= 11 is 0. The number of hydrogen-bond acceptors (Lipinski definition) is 4. The quantitative estimate of drug-likeness (QED) is 0.540. The molecule has 0 aromatic rings. The van der Waals surface area contributed by atoms with Gasteiger partial charge in [-0.25, -0.2) is 4.79 Å². The van der Waals surface area contributed by atoms with Gasteiger partial charge in [0.2, 0.25) is 0 Å².